The number of hydrogen-bond acceptors (Lipinski definition) is 5. The van der Waals surface area contributed by atoms with E-state index in [2.05, 4.69) is 52.2 Å². The average Bonchev–Trinajstić information content (AvgIpc) is 2.58. The van der Waals surface area contributed by atoms with Crippen LogP contribution < -0.4 is 10.2 Å². The number of rotatable bonds is 4. The Hall–Kier alpha value is -2.63. The molecule has 1 aliphatic heterocycles. The zero-order chi connectivity index (χ0) is 17.1. The van der Waals surface area contributed by atoms with Crippen LogP contribution in [0.2, 0.25) is 0 Å². The highest BCUT2D eigenvalue weighted by molar-refractivity contribution is 5.60. The van der Waals surface area contributed by atoms with Crippen LogP contribution in [-0.2, 0) is 4.79 Å². The Morgan fingerprint density at radius 1 is 1.04 bits per heavy atom. The first-order chi connectivity index (χ1) is 11.5. The number of benzene rings is 1. The predicted octanol–water partition coefficient (Wildman–Crippen LogP) is 2.42. The Labute approximate surface area is 142 Å². The highest BCUT2D eigenvalue weighted by Crippen LogP contribution is 2.22. The Morgan fingerprint density at radius 2 is 1.79 bits per heavy atom. The number of piperazine rings is 1. The molecule has 0 atom stereocenters. The molecule has 0 bridgehead atoms. The maximum atomic E-state index is 10.8. The van der Waals surface area contributed by atoms with E-state index in [-0.39, 0.29) is 0 Å². The summed E-state index contributed by atoms with van der Waals surface area (Å²) in [6, 6.07) is 8.27. The fraction of sp³-hybridized carbons (Fsp3) is 0.389. The van der Waals surface area contributed by atoms with E-state index in [0.29, 0.717) is 5.95 Å². The van der Waals surface area contributed by atoms with Gasteiger partial charge < -0.3 is 15.1 Å². The topological polar surface area (TPSA) is 61.4 Å². The molecule has 126 valence electrons. The van der Waals surface area contributed by atoms with Crippen LogP contribution in [0.4, 0.5) is 17.5 Å². The third-order valence-corrected chi connectivity index (χ3v) is 4.27. The quantitative estimate of drug-likeness (QED) is 0.875. The van der Waals surface area contributed by atoms with Crippen LogP contribution in [-0.4, -0.2) is 47.5 Å². The summed E-state index contributed by atoms with van der Waals surface area (Å²) in [7, 11) is 0. The number of carbonyl (C=O) groups excluding carboxylic acids is 1. The molecular weight excluding hydrogens is 302 g/mol. The van der Waals surface area contributed by atoms with Crippen LogP contribution in [0.5, 0.6) is 0 Å². The largest absolute Gasteiger partial charge is 0.353 e. The molecule has 0 radical (unpaired) electrons. The number of hydrogen-bond donors (Lipinski definition) is 1. The molecule has 3 rings (SSSR count). The lowest BCUT2D eigenvalue weighted by Gasteiger charge is -2.33. The molecule has 2 heterocycles. The fourth-order valence-corrected chi connectivity index (χ4v) is 2.82. The number of anilines is 3. The number of aromatic nitrogens is 2. The summed E-state index contributed by atoms with van der Waals surface area (Å²) in [5.41, 5.74) is 4.30. The second kappa shape index (κ2) is 6.86. The maximum Gasteiger partial charge on any atom is 0.229 e. The van der Waals surface area contributed by atoms with Gasteiger partial charge in [0.05, 0.1) is 0 Å². The van der Waals surface area contributed by atoms with Gasteiger partial charge in [-0.3, -0.25) is 4.79 Å². The number of aryl methyl sites for hydroxylation is 3. The molecule has 0 aliphatic carbocycles. The lowest BCUT2D eigenvalue weighted by atomic mass is 10.1. The Balaban J connectivity index is 1.81. The summed E-state index contributed by atoms with van der Waals surface area (Å²) in [6.45, 7) is 9.15. The van der Waals surface area contributed by atoms with Gasteiger partial charge in [0, 0.05) is 43.6 Å². The molecule has 1 saturated heterocycles. The van der Waals surface area contributed by atoms with E-state index in [0.717, 1.165) is 55.4 Å². The minimum atomic E-state index is 0.608. The second-order valence-electron chi connectivity index (χ2n) is 6.26. The molecule has 1 fully saturated rings. The van der Waals surface area contributed by atoms with Gasteiger partial charge in [-0.1, -0.05) is 12.1 Å². The van der Waals surface area contributed by atoms with Crippen molar-refractivity contribution in [3.63, 3.8) is 0 Å². The van der Waals surface area contributed by atoms with E-state index in [1.807, 2.05) is 13.0 Å². The van der Waals surface area contributed by atoms with Crippen molar-refractivity contribution in [2.45, 2.75) is 20.8 Å². The molecule has 6 nitrogen and oxygen atoms in total. The number of nitrogens with one attached hydrogen (secondary N) is 1. The highest BCUT2D eigenvalue weighted by atomic mass is 16.1. The lowest BCUT2D eigenvalue weighted by Crippen LogP contribution is -2.46. The maximum absolute atomic E-state index is 10.8. The standard InChI is InChI=1S/C18H23N5O/c1-13-4-5-14(2)16(10-13)20-18-19-15(3)11-17(21-18)23-8-6-22(12-24)7-9-23/h4-5,10-12H,6-9H2,1-3H3,(H,19,20,21). The van der Waals surface area contributed by atoms with Crippen LogP contribution in [0, 0.1) is 20.8 Å². The van der Waals surface area contributed by atoms with Crippen LogP contribution in [0.3, 0.4) is 0 Å². The molecule has 0 spiro atoms. The van der Waals surface area contributed by atoms with Crippen LogP contribution >= 0.6 is 0 Å². The number of carbonyl (C=O) groups is 1. The SMILES string of the molecule is Cc1ccc(C)c(Nc2nc(C)cc(N3CCN(C=O)CC3)n2)c1. The van der Waals surface area contributed by atoms with Gasteiger partial charge >= 0.3 is 0 Å². The van der Waals surface area contributed by atoms with Crippen molar-refractivity contribution in [1.29, 1.82) is 0 Å². The normalized spacial score (nSPS) is 14.6. The van der Waals surface area contributed by atoms with Gasteiger partial charge in [-0.2, -0.15) is 4.98 Å². The molecule has 1 amide bonds. The monoisotopic (exact) mass is 325 g/mol. The van der Waals surface area contributed by atoms with Crippen molar-refractivity contribution in [2.24, 2.45) is 0 Å². The van der Waals surface area contributed by atoms with Gasteiger partial charge in [0.25, 0.3) is 0 Å². The number of amides is 1. The van der Waals surface area contributed by atoms with E-state index in [9.17, 15) is 4.79 Å². The molecule has 0 saturated carbocycles. The second-order valence-corrected chi connectivity index (χ2v) is 6.26. The first kappa shape index (κ1) is 16.2. The van der Waals surface area contributed by atoms with Gasteiger partial charge in [-0.25, -0.2) is 4.98 Å². The average molecular weight is 325 g/mol. The molecule has 0 unspecified atom stereocenters. The Bertz CT molecular complexity index is 738. The summed E-state index contributed by atoms with van der Waals surface area (Å²) in [5.74, 6) is 1.51. The minimum absolute atomic E-state index is 0.608. The van der Waals surface area contributed by atoms with Crippen molar-refractivity contribution in [3.8, 4) is 0 Å². The van der Waals surface area contributed by atoms with Gasteiger partial charge in [0.1, 0.15) is 5.82 Å². The third kappa shape index (κ3) is 3.64. The molecule has 1 aromatic heterocycles. The zero-order valence-corrected chi connectivity index (χ0v) is 14.4. The van der Waals surface area contributed by atoms with Crippen molar-refractivity contribution < 1.29 is 4.79 Å². The molecule has 24 heavy (non-hydrogen) atoms. The van der Waals surface area contributed by atoms with Crippen molar-refractivity contribution in [3.05, 3.63) is 41.1 Å². The Kier molecular flexibility index (Phi) is 4.64. The van der Waals surface area contributed by atoms with E-state index >= 15 is 0 Å². The highest BCUT2D eigenvalue weighted by Gasteiger charge is 2.18. The minimum Gasteiger partial charge on any atom is -0.353 e. The van der Waals surface area contributed by atoms with Gasteiger partial charge in [-0.15, -0.1) is 0 Å². The molecule has 1 N–H and O–H groups in total. The molecule has 2 aromatic rings. The first-order valence-electron chi connectivity index (χ1n) is 8.19. The smallest absolute Gasteiger partial charge is 0.229 e. The summed E-state index contributed by atoms with van der Waals surface area (Å²) >= 11 is 0. The molecule has 1 aromatic carbocycles. The molecular formula is C18H23N5O. The first-order valence-corrected chi connectivity index (χ1v) is 8.19. The van der Waals surface area contributed by atoms with Crippen molar-refractivity contribution in [1.82, 2.24) is 14.9 Å². The third-order valence-electron chi connectivity index (χ3n) is 4.27. The van der Waals surface area contributed by atoms with E-state index in [1.54, 1.807) is 4.90 Å². The number of nitrogens with zero attached hydrogens (tertiary/aromatic N) is 4. The predicted molar refractivity (Wildman–Crippen MR) is 95.8 cm³/mol. The fourth-order valence-electron chi connectivity index (χ4n) is 2.82. The Morgan fingerprint density at radius 3 is 2.50 bits per heavy atom. The summed E-state index contributed by atoms with van der Waals surface area (Å²) < 4.78 is 0. The van der Waals surface area contributed by atoms with Gasteiger partial charge in [0.2, 0.25) is 12.4 Å². The molecule has 1 aliphatic rings. The molecule has 6 heteroatoms. The van der Waals surface area contributed by atoms with Crippen molar-refractivity contribution in [2.75, 3.05) is 36.4 Å². The summed E-state index contributed by atoms with van der Waals surface area (Å²) in [6.07, 6.45) is 0.913. The van der Waals surface area contributed by atoms with Crippen LogP contribution in [0.25, 0.3) is 0 Å². The van der Waals surface area contributed by atoms with E-state index < -0.39 is 0 Å². The summed E-state index contributed by atoms with van der Waals surface area (Å²) in [4.78, 5) is 24.0. The van der Waals surface area contributed by atoms with Gasteiger partial charge in [0.15, 0.2) is 0 Å². The van der Waals surface area contributed by atoms with Gasteiger partial charge in [-0.05, 0) is 38.0 Å². The lowest BCUT2D eigenvalue weighted by molar-refractivity contribution is -0.118. The van der Waals surface area contributed by atoms with Crippen molar-refractivity contribution >= 4 is 23.9 Å². The van der Waals surface area contributed by atoms with Crippen LogP contribution in [0.1, 0.15) is 16.8 Å². The van der Waals surface area contributed by atoms with Crippen LogP contribution in [0.15, 0.2) is 24.3 Å². The van der Waals surface area contributed by atoms with E-state index in [1.165, 1.54) is 5.56 Å². The van der Waals surface area contributed by atoms with E-state index in [4.69, 9.17) is 0 Å². The zero-order valence-electron chi connectivity index (χ0n) is 14.4. The summed E-state index contributed by atoms with van der Waals surface area (Å²) in [5, 5.41) is 3.34.